The highest BCUT2D eigenvalue weighted by molar-refractivity contribution is 6.63. The molecule has 1 aliphatic heterocycles. The lowest BCUT2D eigenvalue weighted by atomic mass is 9.76. The van der Waals surface area contributed by atoms with E-state index in [1.807, 2.05) is 33.8 Å². The minimum absolute atomic E-state index is 0.368. The minimum atomic E-state index is -0.435. The highest BCUT2D eigenvalue weighted by atomic mass is 16.7. The fourth-order valence-corrected chi connectivity index (χ4v) is 2.01. The van der Waals surface area contributed by atoms with Crippen molar-refractivity contribution in [3.05, 3.63) is 24.4 Å². The smallest absolute Gasteiger partial charge is 0.481 e. The van der Waals surface area contributed by atoms with Gasteiger partial charge in [0, 0.05) is 11.8 Å². The van der Waals surface area contributed by atoms with E-state index >= 15 is 0 Å². The van der Waals surface area contributed by atoms with Crippen molar-refractivity contribution >= 4 is 18.7 Å². The molecule has 1 fully saturated rings. The molecule has 2 rings (SSSR count). The van der Waals surface area contributed by atoms with Gasteiger partial charge in [-0.3, -0.25) is 0 Å². The molecule has 0 aromatic carbocycles. The Morgan fingerprint density at radius 3 is 2.32 bits per heavy atom. The molecule has 0 unspecified atom stereocenters. The molecule has 1 saturated heterocycles. The van der Waals surface area contributed by atoms with Crippen LogP contribution >= 0.6 is 0 Å². The molecular weight excluding hydrogens is 241 g/mol. The summed E-state index contributed by atoms with van der Waals surface area (Å²) < 4.78 is 17.3. The topological polar surface area (TPSA) is 40.6 Å². The van der Waals surface area contributed by atoms with Crippen molar-refractivity contribution in [3.8, 4) is 5.88 Å². The first-order chi connectivity index (χ1) is 8.82. The second-order valence-corrected chi connectivity index (χ2v) is 5.62. The molecule has 0 atom stereocenters. The van der Waals surface area contributed by atoms with E-state index < -0.39 is 7.12 Å². The fraction of sp³-hybridized carbons (Fsp3) is 0.500. The molecule has 4 nitrogen and oxygen atoms in total. The van der Waals surface area contributed by atoms with E-state index in [0.29, 0.717) is 5.88 Å². The van der Waals surface area contributed by atoms with Gasteiger partial charge in [0.05, 0.1) is 18.3 Å². The van der Waals surface area contributed by atoms with Crippen LogP contribution in [-0.2, 0) is 9.31 Å². The molecule has 102 valence electrons. The maximum Gasteiger partial charge on any atom is 0.495 e. The third-order valence-corrected chi connectivity index (χ3v) is 3.89. The van der Waals surface area contributed by atoms with Gasteiger partial charge in [-0.25, -0.2) is 4.98 Å². The summed E-state index contributed by atoms with van der Waals surface area (Å²) in [4.78, 5) is 4.17. The van der Waals surface area contributed by atoms with Crippen LogP contribution in [0.5, 0.6) is 5.88 Å². The van der Waals surface area contributed by atoms with Gasteiger partial charge < -0.3 is 14.0 Å². The molecule has 0 N–H and O–H groups in total. The highest BCUT2D eigenvalue weighted by Crippen LogP contribution is 2.37. The summed E-state index contributed by atoms with van der Waals surface area (Å²) in [5, 5.41) is 0. The molecule has 0 radical (unpaired) electrons. The van der Waals surface area contributed by atoms with Crippen molar-refractivity contribution in [2.45, 2.75) is 38.9 Å². The zero-order chi connectivity index (χ0) is 14.3. The predicted octanol–water partition coefficient (Wildman–Crippen LogP) is 2.03. The zero-order valence-corrected chi connectivity index (χ0v) is 12.2. The number of pyridine rings is 1. The van der Waals surface area contributed by atoms with Crippen molar-refractivity contribution in [2.24, 2.45) is 0 Å². The van der Waals surface area contributed by atoms with Crippen molar-refractivity contribution in [1.29, 1.82) is 0 Å². The number of rotatable bonds is 3. The molecule has 2 heterocycles. The quantitative estimate of drug-likeness (QED) is 0.780. The number of ether oxygens (including phenoxy) is 1. The van der Waals surface area contributed by atoms with Crippen LogP contribution in [-0.4, -0.2) is 30.4 Å². The molecular formula is C14H20BNO3. The maximum absolute atomic E-state index is 6.04. The van der Waals surface area contributed by atoms with Gasteiger partial charge in [0.2, 0.25) is 5.88 Å². The predicted molar refractivity (Wildman–Crippen MR) is 76.6 cm³/mol. The third-order valence-electron chi connectivity index (χ3n) is 3.89. The van der Waals surface area contributed by atoms with Gasteiger partial charge in [0.1, 0.15) is 0 Å². The summed E-state index contributed by atoms with van der Waals surface area (Å²) in [6.07, 6.45) is 3.40. The van der Waals surface area contributed by atoms with E-state index in [4.69, 9.17) is 14.0 Å². The van der Waals surface area contributed by atoms with Crippen molar-refractivity contribution in [3.63, 3.8) is 0 Å². The first kappa shape index (κ1) is 14.1. The van der Waals surface area contributed by atoms with Crippen LogP contribution in [0.15, 0.2) is 18.8 Å². The average molecular weight is 261 g/mol. The van der Waals surface area contributed by atoms with Crippen LogP contribution in [0.25, 0.3) is 6.08 Å². The number of aromatic nitrogens is 1. The van der Waals surface area contributed by atoms with E-state index in [2.05, 4.69) is 11.6 Å². The van der Waals surface area contributed by atoms with Gasteiger partial charge in [0.25, 0.3) is 0 Å². The Bertz CT molecular complexity index is 483. The molecule has 0 saturated carbocycles. The Hall–Kier alpha value is -1.33. The van der Waals surface area contributed by atoms with Gasteiger partial charge in [-0.1, -0.05) is 12.7 Å². The van der Waals surface area contributed by atoms with Crippen molar-refractivity contribution in [2.75, 3.05) is 7.11 Å². The second kappa shape index (κ2) is 4.65. The van der Waals surface area contributed by atoms with Crippen LogP contribution in [0.4, 0.5) is 0 Å². The van der Waals surface area contributed by atoms with Crippen molar-refractivity contribution in [1.82, 2.24) is 4.98 Å². The molecule has 19 heavy (non-hydrogen) atoms. The zero-order valence-electron chi connectivity index (χ0n) is 12.2. The summed E-state index contributed by atoms with van der Waals surface area (Å²) in [7, 11) is 1.15. The summed E-state index contributed by atoms with van der Waals surface area (Å²) in [6, 6.07) is 1.88. The summed E-state index contributed by atoms with van der Waals surface area (Å²) >= 11 is 0. The number of nitrogens with zero attached hydrogens (tertiary/aromatic N) is 1. The molecule has 1 aromatic heterocycles. The second-order valence-electron chi connectivity index (χ2n) is 5.62. The Balaban J connectivity index is 2.42. The normalized spacial score (nSPS) is 20.4. The Morgan fingerprint density at radius 1 is 1.26 bits per heavy atom. The highest BCUT2D eigenvalue weighted by Gasteiger charge is 2.52. The summed E-state index contributed by atoms with van der Waals surface area (Å²) in [5.74, 6) is 0.530. The number of hydrogen-bond acceptors (Lipinski definition) is 4. The van der Waals surface area contributed by atoms with E-state index in [1.165, 1.54) is 0 Å². The standard InChI is InChI=1S/C14H20BNO3/c1-7-10-11(8-9-16-12(10)17-6)15-18-13(2,3)14(4,5)19-15/h7-9H,1H2,2-6H3. The Morgan fingerprint density at radius 2 is 1.84 bits per heavy atom. The lowest BCUT2D eigenvalue weighted by Gasteiger charge is -2.32. The monoisotopic (exact) mass is 261 g/mol. The van der Waals surface area contributed by atoms with Crippen molar-refractivity contribution < 1.29 is 14.0 Å². The van der Waals surface area contributed by atoms with Gasteiger partial charge in [-0.05, 0) is 39.2 Å². The van der Waals surface area contributed by atoms with Crippen LogP contribution in [0.3, 0.4) is 0 Å². The molecule has 0 aliphatic carbocycles. The SMILES string of the molecule is C=Cc1c(B2OC(C)(C)C(C)(C)O2)ccnc1OC. The van der Waals surface area contributed by atoms with Gasteiger partial charge in [0.15, 0.2) is 0 Å². The van der Waals surface area contributed by atoms with Gasteiger partial charge in [-0.2, -0.15) is 0 Å². The molecule has 5 heteroatoms. The average Bonchev–Trinajstić information content (AvgIpc) is 2.57. The van der Waals surface area contributed by atoms with E-state index in [1.54, 1.807) is 19.4 Å². The third kappa shape index (κ3) is 2.28. The molecule has 0 amide bonds. The Kier molecular flexibility index (Phi) is 3.45. The first-order valence-corrected chi connectivity index (χ1v) is 6.33. The largest absolute Gasteiger partial charge is 0.495 e. The lowest BCUT2D eigenvalue weighted by Crippen LogP contribution is -2.41. The molecule has 1 aromatic rings. The van der Waals surface area contributed by atoms with E-state index in [-0.39, 0.29) is 11.2 Å². The molecule has 1 aliphatic rings. The Labute approximate surface area is 114 Å². The van der Waals surface area contributed by atoms with Crippen LogP contribution in [0.2, 0.25) is 0 Å². The maximum atomic E-state index is 6.04. The summed E-state index contributed by atoms with van der Waals surface area (Å²) in [6.45, 7) is 11.9. The van der Waals surface area contributed by atoms with E-state index in [0.717, 1.165) is 11.0 Å². The minimum Gasteiger partial charge on any atom is -0.481 e. The lowest BCUT2D eigenvalue weighted by molar-refractivity contribution is 0.00578. The summed E-state index contributed by atoms with van der Waals surface area (Å²) in [5.41, 5.74) is 0.961. The van der Waals surface area contributed by atoms with E-state index in [9.17, 15) is 0 Å². The molecule has 0 bridgehead atoms. The fourth-order valence-electron chi connectivity index (χ4n) is 2.01. The van der Waals surface area contributed by atoms with Crippen LogP contribution in [0.1, 0.15) is 33.3 Å². The molecule has 0 spiro atoms. The number of methoxy groups -OCH3 is 1. The van der Waals surface area contributed by atoms with Crippen LogP contribution in [0, 0.1) is 0 Å². The number of hydrogen-bond donors (Lipinski definition) is 0. The van der Waals surface area contributed by atoms with Crippen LogP contribution < -0.4 is 10.2 Å². The first-order valence-electron chi connectivity index (χ1n) is 6.33. The van der Waals surface area contributed by atoms with Gasteiger partial charge >= 0.3 is 7.12 Å². The van der Waals surface area contributed by atoms with Gasteiger partial charge in [-0.15, -0.1) is 0 Å².